The Morgan fingerprint density at radius 2 is 1.80 bits per heavy atom. The van der Waals surface area contributed by atoms with Crippen LogP contribution in [0.1, 0.15) is 56.3 Å². The van der Waals surface area contributed by atoms with Gasteiger partial charge >= 0.3 is 0 Å². The van der Waals surface area contributed by atoms with E-state index in [0.717, 1.165) is 48.4 Å². The third-order valence-corrected chi connectivity index (χ3v) is 6.06. The smallest absolute Gasteiger partial charge is 0.237 e. The number of carbonyl (C=O) groups excluding carboxylic acids is 1. The lowest BCUT2D eigenvalue weighted by molar-refractivity contribution is -0.126. The van der Waals surface area contributed by atoms with Crippen molar-refractivity contribution < 1.29 is 18.7 Å². The number of rotatable bonds is 5. The molecule has 0 unspecified atom stereocenters. The third kappa shape index (κ3) is 4.43. The van der Waals surface area contributed by atoms with Gasteiger partial charge < -0.3 is 14.8 Å². The van der Waals surface area contributed by atoms with Crippen LogP contribution in [-0.4, -0.2) is 36.6 Å². The van der Waals surface area contributed by atoms with Gasteiger partial charge in [-0.1, -0.05) is 18.2 Å². The average Bonchev–Trinajstić information content (AvgIpc) is 3.12. The summed E-state index contributed by atoms with van der Waals surface area (Å²) in [6, 6.07) is 12.1. The summed E-state index contributed by atoms with van der Waals surface area (Å²) in [5.74, 6) is 1.28. The molecule has 0 saturated carbocycles. The lowest BCUT2D eigenvalue weighted by Crippen LogP contribution is -2.45. The minimum atomic E-state index is -0.277. The Morgan fingerprint density at radius 1 is 1.07 bits per heavy atom. The number of ether oxygens (including phenoxy) is 2. The summed E-state index contributed by atoms with van der Waals surface area (Å²) in [5.41, 5.74) is 2.04. The molecule has 1 amide bonds. The first-order valence-electron chi connectivity index (χ1n) is 10.7. The molecule has 4 rings (SSSR count). The van der Waals surface area contributed by atoms with Gasteiger partial charge in [0, 0.05) is 12.5 Å². The molecule has 0 radical (unpaired) electrons. The maximum atomic E-state index is 13.2. The SMILES string of the molecule is C[C@H](NC(=O)[C@@H](C)N1CCC[C@H]1c1ccc2c(c1)OCCCO2)c1ccc(F)cc1. The van der Waals surface area contributed by atoms with Crippen LogP contribution in [0, 0.1) is 5.82 Å². The molecular weight excluding hydrogens is 383 g/mol. The molecular formula is C24H29FN2O3. The summed E-state index contributed by atoms with van der Waals surface area (Å²) in [6.07, 6.45) is 2.93. The lowest BCUT2D eigenvalue weighted by atomic mass is 10.0. The highest BCUT2D eigenvalue weighted by atomic mass is 19.1. The van der Waals surface area contributed by atoms with Crippen molar-refractivity contribution in [1.82, 2.24) is 10.2 Å². The second-order valence-electron chi connectivity index (χ2n) is 8.11. The topological polar surface area (TPSA) is 50.8 Å². The van der Waals surface area contributed by atoms with E-state index < -0.39 is 0 Å². The second kappa shape index (κ2) is 9.04. The molecule has 1 saturated heterocycles. The molecule has 2 aromatic rings. The highest BCUT2D eigenvalue weighted by Gasteiger charge is 2.34. The van der Waals surface area contributed by atoms with E-state index in [4.69, 9.17) is 9.47 Å². The number of halogens is 1. The zero-order valence-electron chi connectivity index (χ0n) is 17.6. The predicted octanol–water partition coefficient (Wildman–Crippen LogP) is 4.39. The van der Waals surface area contributed by atoms with E-state index in [2.05, 4.69) is 22.3 Å². The van der Waals surface area contributed by atoms with Crippen LogP contribution in [0.5, 0.6) is 11.5 Å². The quantitative estimate of drug-likeness (QED) is 0.791. The molecule has 0 aromatic heterocycles. The Morgan fingerprint density at radius 3 is 2.57 bits per heavy atom. The van der Waals surface area contributed by atoms with Crippen molar-refractivity contribution in [2.45, 2.75) is 51.2 Å². The highest BCUT2D eigenvalue weighted by molar-refractivity contribution is 5.81. The first kappa shape index (κ1) is 20.7. The molecule has 1 fully saturated rings. The van der Waals surface area contributed by atoms with E-state index in [1.165, 1.54) is 12.1 Å². The molecule has 2 heterocycles. The van der Waals surface area contributed by atoms with Gasteiger partial charge in [0.15, 0.2) is 11.5 Å². The maximum Gasteiger partial charge on any atom is 0.237 e. The molecule has 30 heavy (non-hydrogen) atoms. The molecule has 0 aliphatic carbocycles. The number of fused-ring (bicyclic) bond motifs is 1. The summed E-state index contributed by atoms with van der Waals surface area (Å²) >= 11 is 0. The molecule has 2 aromatic carbocycles. The van der Waals surface area contributed by atoms with E-state index in [1.54, 1.807) is 12.1 Å². The number of hydrogen-bond donors (Lipinski definition) is 1. The summed E-state index contributed by atoms with van der Waals surface area (Å²) < 4.78 is 24.8. The monoisotopic (exact) mass is 412 g/mol. The Hall–Kier alpha value is -2.60. The number of likely N-dealkylation sites (tertiary alicyclic amines) is 1. The number of carbonyl (C=O) groups is 1. The maximum absolute atomic E-state index is 13.2. The van der Waals surface area contributed by atoms with Crippen molar-refractivity contribution in [2.75, 3.05) is 19.8 Å². The van der Waals surface area contributed by atoms with Crippen LogP contribution in [0.4, 0.5) is 4.39 Å². The van der Waals surface area contributed by atoms with Gasteiger partial charge in [0.1, 0.15) is 5.82 Å². The van der Waals surface area contributed by atoms with E-state index in [-0.39, 0.29) is 29.8 Å². The number of nitrogens with zero attached hydrogens (tertiary/aromatic N) is 1. The molecule has 3 atom stereocenters. The number of hydrogen-bond acceptors (Lipinski definition) is 4. The summed E-state index contributed by atoms with van der Waals surface area (Å²) in [4.78, 5) is 15.2. The van der Waals surface area contributed by atoms with Gasteiger partial charge in [-0.05, 0) is 68.6 Å². The fourth-order valence-electron chi connectivity index (χ4n) is 4.32. The predicted molar refractivity (Wildman–Crippen MR) is 113 cm³/mol. The van der Waals surface area contributed by atoms with Gasteiger partial charge in [-0.25, -0.2) is 4.39 Å². The Labute approximate surface area is 177 Å². The Balaban J connectivity index is 1.45. The van der Waals surface area contributed by atoms with Crippen molar-refractivity contribution in [2.24, 2.45) is 0 Å². The minimum absolute atomic E-state index is 0.0203. The largest absolute Gasteiger partial charge is 0.490 e. The minimum Gasteiger partial charge on any atom is -0.490 e. The standard InChI is InChI=1S/C24H29FN2O3/c1-16(18-6-9-20(25)10-7-18)26-24(28)17(2)27-12-3-5-21(27)19-8-11-22-23(15-19)30-14-4-13-29-22/h6-11,15-17,21H,3-5,12-14H2,1-2H3,(H,26,28)/t16-,17+,21-/m0/s1. The van der Waals surface area contributed by atoms with Crippen molar-refractivity contribution in [3.8, 4) is 11.5 Å². The highest BCUT2D eigenvalue weighted by Crippen LogP contribution is 2.38. The van der Waals surface area contributed by atoms with Gasteiger partial charge in [0.25, 0.3) is 0 Å². The Bertz CT molecular complexity index is 887. The first-order valence-corrected chi connectivity index (χ1v) is 10.7. The first-order chi connectivity index (χ1) is 14.5. The van der Waals surface area contributed by atoms with Crippen molar-refractivity contribution in [3.05, 3.63) is 59.4 Å². The fourth-order valence-corrected chi connectivity index (χ4v) is 4.32. The van der Waals surface area contributed by atoms with Gasteiger partial charge in [0.05, 0.1) is 25.3 Å². The molecule has 0 bridgehead atoms. The van der Waals surface area contributed by atoms with Gasteiger partial charge in [-0.2, -0.15) is 0 Å². The molecule has 2 aliphatic rings. The summed E-state index contributed by atoms with van der Waals surface area (Å²) in [6.45, 7) is 6.08. The van der Waals surface area contributed by atoms with Crippen molar-refractivity contribution >= 4 is 5.91 Å². The number of nitrogens with one attached hydrogen (secondary N) is 1. The van der Waals surface area contributed by atoms with Gasteiger partial charge in [-0.15, -0.1) is 0 Å². The van der Waals surface area contributed by atoms with E-state index >= 15 is 0 Å². The van der Waals surface area contributed by atoms with Crippen LogP contribution < -0.4 is 14.8 Å². The number of benzene rings is 2. The zero-order valence-corrected chi connectivity index (χ0v) is 17.6. The van der Waals surface area contributed by atoms with E-state index in [1.807, 2.05) is 19.9 Å². The van der Waals surface area contributed by atoms with Crippen LogP contribution in [0.3, 0.4) is 0 Å². The summed E-state index contributed by atoms with van der Waals surface area (Å²) in [5, 5.41) is 3.07. The third-order valence-electron chi connectivity index (χ3n) is 6.06. The van der Waals surface area contributed by atoms with Crippen LogP contribution >= 0.6 is 0 Å². The second-order valence-corrected chi connectivity index (χ2v) is 8.11. The number of amides is 1. The molecule has 1 N–H and O–H groups in total. The fraction of sp³-hybridized carbons (Fsp3) is 0.458. The average molecular weight is 413 g/mol. The summed E-state index contributed by atoms with van der Waals surface area (Å²) in [7, 11) is 0. The molecule has 6 heteroatoms. The zero-order chi connectivity index (χ0) is 21.1. The lowest BCUT2D eigenvalue weighted by Gasteiger charge is -2.31. The van der Waals surface area contributed by atoms with Crippen LogP contribution in [0.15, 0.2) is 42.5 Å². The van der Waals surface area contributed by atoms with E-state index in [9.17, 15) is 9.18 Å². The van der Waals surface area contributed by atoms with Crippen LogP contribution in [0.25, 0.3) is 0 Å². The Kier molecular flexibility index (Phi) is 6.23. The van der Waals surface area contributed by atoms with Crippen LogP contribution in [-0.2, 0) is 4.79 Å². The van der Waals surface area contributed by atoms with E-state index in [0.29, 0.717) is 13.2 Å². The van der Waals surface area contributed by atoms with Crippen LogP contribution in [0.2, 0.25) is 0 Å². The van der Waals surface area contributed by atoms with Crippen molar-refractivity contribution in [3.63, 3.8) is 0 Å². The molecule has 160 valence electrons. The van der Waals surface area contributed by atoms with Gasteiger partial charge in [0.2, 0.25) is 5.91 Å². The molecule has 5 nitrogen and oxygen atoms in total. The van der Waals surface area contributed by atoms with Gasteiger partial charge in [-0.3, -0.25) is 9.69 Å². The normalized spacial score (nSPS) is 21.0. The van der Waals surface area contributed by atoms with Crippen molar-refractivity contribution in [1.29, 1.82) is 0 Å². The molecule has 0 spiro atoms. The molecule has 2 aliphatic heterocycles.